The lowest BCUT2D eigenvalue weighted by Crippen LogP contribution is -2.55. The SMILES string of the molecule is CCOC1CCCN(S(=O)(=O)N2CCCCC2C(=O)O)C1. The van der Waals surface area contributed by atoms with E-state index in [1.165, 1.54) is 4.31 Å². The predicted molar refractivity (Wildman–Crippen MR) is 77.1 cm³/mol. The molecule has 2 fully saturated rings. The highest BCUT2D eigenvalue weighted by molar-refractivity contribution is 7.86. The van der Waals surface area contributed by atoms with Crippen LogP contribution in [0.3, 0.4) is 0 Å². The molecule has 2 saturated heterocycles. The van der Waals surface area contributed by atoms with Crippen LogP contribution in [0, 0.1) is 0 Å². The van der Waals surface area contributed by atoms with E-state index in [1.54, 1.807) is 0 Å². The summed E-state index contributed by atoms with van der Waals surface area (Å²) in [7, 11) is -3.72. The van der Waals surface area contributed by atoms with Gasteiger partial charge in [-0.05, 0) is 39.0 Å². The summed E-state index contributed by atoms with van der Waals surface area (Å²) in [5.41, 5.74) is 0. The Morgan fingerprint density at radius 1 is 1.24 bits per heavy atom. The summed E-state index contributed by atoms with van der Waals surface area (Å²) in [5.74, 6) is -1.06. The minimum atomic E-state index is -3.72. The summed E-state index contributed by atoms with van der Waals surface area (Å²) in [4.78, 5) is 11.3. The third-order valence-corrected chi connectivity index (χ3v) is 6.12. The number of hydrogen-bond acceptors (Lipinski definition) is 4. The van der Waals surface area contributed by atoms with Gasteiger partial charge in [-0.2, -0.15) is 17.0 Å². The van der Waals surface area contributed by atoms with Gasteiger partial charge in [0.25, 0.3) is 10.2 Å². The van der Waals surface area contributed by atoms with Crippen LogP contribution in [0.25, 0.3) is 0 Å². The van der Waals surface area contributed by atoms with Gasteiger partial charge in [-0.3, -0.25) is 4.79 Å². The highest BCUT2D eigenvalue weighted by Gasteiger charge is 2.41. The van der Waals surface area contributed by atoms with E-state index in [0.29, 0.717) is 32.5 Å². The van der Waals surface area contributed by atoms with Crippen LogP contribution in [0.4, 0.5) is 0 Å². The first kappa shape index (κ1) is 16.7. The normalized spacial score (nSPS) is 29.4. The molecular weight excluding hydrogens is 296 g/mol. The van der Waals surface area contributed by atoms with Crippen LogP contribution in [0.2, 0.25) is 0 Å². The van der Waals surface area contributed by atoms with Crippen molar-refractivity contribution in [3.63, 3.8) is 0 Å². The van der Waals surface area contributed by atoms with Gasteiger partial charge < -0.3 is 9.84 Å². The Kier molecular flexibility index (Phi) is 5.59. The summed E-state index contributed by atoms with van der Waals surface area (Å²) >= 11 is 0. The Hall–Kier alpha value is -0.700. The van der Waals surface area contributed by atoms with Gasteiger partial charge in [-0.25, -0.2) is 0 Å². The van der Waals surface area contributed by atoms with Crippen LogP contribution in [-0.4, -0.2) is 66.5 Å². The summed E-state index contributed by atoms with van der Waals surface area (Å²) in [6.45, 7) is 3.49. The zero-order valence-corrected chi connectivity index (χ0v) is 13.2. The molecule has 0 bridgehead atoms. The molecule has 0 aromatic rings. The van der Waals surface area contributed by atoms with E-state index in [1.807, 2.05) is 6.92 Å². The topological polar surface area (TPSA) is 87.2 Å². The summed E-state index contributed by atoms with van der Waals surface area (Å²) in [5, 5.41) is 9.26. The van der Waals surface area contributed by atoms with Crippen LogP contribution in [0.1, 0.15) is 39.0 Å². The molecule has 0 saturated carbocycles. The number of rotatable bonds is 5. The number of piperidine rings is 2. The van der Waals surface area contributed by atoms with E-state index in [4.69, 9.17) is 4.74 Å². The Morgan fingerprint density at radius 3 is 2.67 bits per heavy atom. The molecular formula is C13H24N2O5S. The van der Waals surface area contributed by atoms with Crippen molar-refractivity contribution in [3.05, 3.63) is 0 Å². The Morgan fingerprint density at radius 2 is 2.00 bits per heavy atom. The van der Waals surface area contributed by atoms with E-state index in [0.717, 1.165) is 23.6 Å². The van der Waals surface area contributed by atoms with Crippen molar-refractivity contribution >= 4 is 16.2 Å². The van der Waals surface area contributed by atoms with Crippen molar-refractivity contribution < 1.29 is 23.1 Å². The van der Waals surface area contributed by atoms with Crippen molar-refractivity contribution in [1.82, 2.24) is 8.61 Å². The van der Waals surface area contributed by atoms with Crippen molar-refractivity contribution in [2.45, 2.75) is 51.2 Å². The number of aliphatic carboxylic acids is 1. The fraction of sp³-hybridized carbons (Fsp3) is 0.923. The third kappa shape index (κ3) is 3.74. The molecule has 122 valence electrons. The number of hydrogen-bond donors (Lipinski definition) is 1. The number of carboxylic acid groups (broad SMARTS) is 1. The molecule has 0 aromatic heterocycles. The molecule has 1 N–H and O–H groups in total. The van der Waals surface area contributed by atoms with E-state index < -0.39 is 22.2 Å². The lowest BCUT2D eigenvalue weighted by atomic mass is 10.1. The van der Waals surface area contributed by atoms with Crippen LogP contribution in [0.5, 0.6) is 0 Å². The van der Waals surface area contributed by atoms with Gasteiger partial charge in [0.05, 0.1) is 6.10 Å². The van der Waals surface area contributed by atoms with Gasteiger partial charge in [0, 0.05) is 26.2 Å². The average Bonchev–Trinajstić information content (AvgIpc) is 2.48. The second kappa shape index (κ2) is 7.04. The molecule has 2 aliphatic rings. The molecule has 0 spiro atoms. The Bertz CT molecular complexity index is 465. The van der Waals surface area contributed by atoms with E-state index in [2.05, 4.69) is 0 Å². The van der Waals surface area contributed by atoms with Gasteiger partial charge >= 0.3 is 5.97 Å². The lowest BCUT2D eigenvalue weighted by Gasteiger charge is -2.38. The molecule has 2 rings (SSSR count). The van der Waals surface area contributed by atoms with Crippen molar-refractivity contribution in [1.29, 1.82) is 0 Å². The Labute approximate surface area is 126 Å². The zero-order valence-electron chi connectivity index (χ0n) is 12.4. The lowest BCUT2D eigenvalue weighted by molar-refractivity contribution is -0.142. The first-order valence-corrected chi connectivity index (χ1v) is 8.97. The molecule has 8 heteroatoms. The summed E-state index contributed by atoms with van der Waals surface area (Å²) < 4.78 is 33.6. The number of ether oxygens (including phenoxy) is 1. The van der Waals surface area contributed by atoms with Gasteiger partial charge in [-0.15, -0.1) is 0 Å². The van der Waals surface area contributed by atoms with Crippen LogP contribution in [-0.2, 0) is 19.7 Å². The summed E-state index contributed by atoms with van der Waals surface area (Å²) in [6.07, 6.45) is 3.36. The average molecular weight is 320 g/mol. The largest absolute Gasteiger partial charge is 0.480 e. The maximum absolute atomic E-state index is 12.7. The molecule has 2 unspecified atom stereocenters. The van der Waals surface area contributed by atoms with Crippen LogP contribution in [0.15, 0.2) is 0 Å². The van der Waals surface area contributed by atoms with Gasteiger partial charge in [0.15, 0.2) is 0 Å². The van der Waals surface area contributed by atoms with Gasteiger partial charge in [0.1, 0.15) is 6.04 Å². The summed E-state index contributed by atoms with van der Waals surface area (Å²) in [6, 6.07) is -0.934. The molecule has 2 atom stereocenters. The smallest absolute Gasteiger partial charge is 0.322 e. The minimum absolute atomic E-state index is 0.0911. The fourth-order valence-electron chi connectivity index (χ4n) is 3.06. The van der Waals surface area contributed by atoms with Crippen LogP contribution < -0.4 is 0 Å². The van der Waals surface area contributed by atoms with Gasteiger partial charge in [0.2, 0.25) is 0 Å². The number of carbonyl (C=O) groups is 1. The highest BCUT2D eigenvalue weighted by Crippen LogP contribution is 2.25. The molecule has 0 aliphatic carbocycles. The zero-order chi connectivity index (χ0) is 15.5. The molecule has 0 amide bonds. The van der Waals surface area contributed by atoms with E-state index >= 15 is 0 Å². The van der Waals surface area contributed by atoms with Crippen molar-refractivity contribution in [2.75, 3.05) is 26.2 Å². The third-order valence-electron chi connectivity index (χ3n) is 4.10. The first-order valence-electron chi connectivity index (χ1n) is 7.58. The van der Waals surface area contributed by atoms with E-state index in [-0.39, 0.29) is 12.6 Å². The fourth-order valence-corrected chi connectivity index (χ4v) is 4.95. The van der Waals surface area contributed by atoms with E-state index in [9.17, 15) is 18.3 Å². The second-order valence-electron chi connectivity index (χ2n) is 5.55. The van der Waals surface area contributed by atoms with Gasteiger partial charge in [-0.1, -0.05) is 0 Å². The number of nitrogens with zero attached hydrogens (tertiary/aromatic N) is 2. The Balaban J connectivity index is 2.13. The molecule has 21 heavy (non-hydrogen) atoms. The molecule has 2 heterocycles. The standard InChI is InChI=1S/C13H24N2O5S/c1-2-20-11-6-5-8-14(10-11)21(18,19)15-9-4-3-7-12(15)13(16)17/h11-12H,2-10H2,1H3,(H,16,17). The highest BCUT2D eigenvalue weighted by atomic mass is 32.2. The second-order valence-corrected chi connectivity index (χ2v) is 7.43. The van der Waals surface area contributed by atoms with Crippen LogP contribution >= 0.6 is 0 Å². The molecule has 0 aromatic carbocycles. The first-order chi connectivity index (χ1) is 9.96. The monoisotopic (exact) mass is 320 g/mol. The quantitative estimate of drug-likeness (QED) is 0.804. The maximum atomic E-state index is 12.7. The molecule has 7 nitrogen and oxygen atoms in total. The van der Waals surface area contributed by atoms with Crippen molar-refractivity contribution in [3.8, 4) is 0 Å². The minimum Gasteiger partial charge on any atom is -0.480 e. The maximum Gasteiger partial charge on any atom is 0.322 e. The van der Waals surface area contributed by atoms with Crippen molar-refractivity contribution in [2.24, 2.45) is 0 Å². The molecule has 2 aliphatic heterocycles. The number of carboxylic acids is 1. The molecule has 0 radical (unpaired) electrons. The predicted octanol–water partition coefficient (Wildman–Crippen LogP) is 0.671.